The summed E-state index contributed by atoms with van der Waals surface area (Å²) in [5.74, 6) is -0.928. The van der Waals surface area contributed by atoms with Crippen molar-refractivity contribution in [3.05, 3.63) is 16.6 Å². The van der Waals surface area contributed by atoms with Crippen LogP contribution in [0.5, 0.6) is 0 Å². The fourth-order valence-electron chi connectivity index (χ4n) is 1.75. The Morgan fingerprint density at radius 2 is 2.47 bits per heavy atom. The van der Waals surface area contributed by atoms with E-state index in [4.69, 9.17) is 5.11 Å². The Morgan fingerprint density at radius 3 is 3.12 bits per heavy atom. The van der Waals surface area contributed by atoms with E-state index in [9.17, 15) is 9.59 Å². The molecule has 1 aliphatic heterocycles. The molecule has 0 radical (unpaired) electrons. The first-order valence-corrected chi connectivity index (χ1v) is 6.16. The highest BCUT2D eigenvalue weighted by Crippen LogP contribution is 2.07. The van der Waals surface area contributed by atoms with E-state index in [-0.39, 0.29) is 12.3 Å². The van der Waals surface area contributed by atoms with Gasteiger partial charge in [0.1, 0.15) is 6.04 Å². The van der Waals surface area contributed by atoms with Crippen molar-refractivity contribution in [2.24, 2.45) is 0 Å². The number of hydrogen-bond acceptors (Lipinski definition) is 6. The van der Waals surface area contributed by atoms with Gasteiger partial charge in [0.2, 0.25) is 5.78 Å². The molecule has 0 saturated carbocycles. The molecule has 2 N–H and O–H groups in total. The maximum atomic E-state index is 11.8. The summed E-state index contributed by atoms with van der Waals surface area (Å²) in [6.07, 6.45) is 1.59. The number of rotatable bonds is 4. The fourth-order valence-corrected chi connectivity index (χ4v) is 2.32. The first kappa shape index (κ1) is 12.2. The van der Waals surface area contributed by atoms with Gasteiger partial charge >= 0.3 is 5.97 Å². The van der Waals surface area contributed by atoms with Crippen LogP contribution in [-0.4, -0.2) is 59.0 Å². The molecular formula is C10H13N3O3S. The number of carbonyl (C=O) groups excluding carboxylic acids is 1. The fraction of sp³-hybridized carbons (Fsp3) is 0.500. The zero-order valence-electron chi connectivity index (χ0n) is 9.13. The highest BCUT2D eigenvalue weighted by molar-refractivity contribution is 7.11. The highest BCUT2D eigenvalue weighted by atomic mass is 32.1. The van der Waals surface area contributed by atoms with Gasteiger partial charge in [0, 0.05) is 31.2 Å². The van der Waals surface area contributed by atoms with Crippen LogP contribution in [-0.2, 0) is 4.79 Å². The minimum Gasteiger partial charge on any atom is -0.480 e. The molecule has 0 spiro atoms. The lowest BCUT2D eigenvalue weighted by Gasteiger charge is -2.30. The Morgan fingerprint density at radius 1 is 1.65 bits per heavy atom. The number of aliphatic carboxylic acids is 1. The molecule has 1 fully saturated rings. The van der Waals surface area contributed by atoms with Crippen molar-refractivity contribution in [3.63, 3.8) is 0 Å². The van der Waals surface area contributed by atoms with Crippen molar-refractivity contribution >= 4 is 23.1 Å². The molecule has 1 aliphatic rings. The number of carboxylic acid groups (broad SMARTS) is 1. The first-order valence-electron chi connectivity index (χ1n) is 5.28. The van der Waals surface area contributed by atoms with E-state index in [2.05, 4.69) is 10.3 Å². The molecule has 17 heavy (non-hydrogen) atoms. The summed E-state index contributed by atoms with van der Waals surface area (Å²) in [5.41, 5.74) is 0. The van der Waals surface area contributed by atoms with E-state index in [1.54, 1.807) is 11.6 Å². The summed E-state index contributed by atoms with van der Waals surface area (Å²) in [5, 5.41) is 14.0. The van der Waals surface area contributed by atoms with Crippen LogP contribution in [0.1, 0.15) is 9.80 Å². The lowest BCUT2D eigenvalue weighted by Crippen LogP contribution is -2.55. The maximum Gasteiger partial charge on any atom is 0.322 e. The second-order valence-electron chi connectivity index (χ2n) is 3.84. The third kappa shape index (κ3) is 3.09. The third-order valence-corrected chi connectivity index (χ3v) is 3.41. The predicted molar refractivity (Wildman–Crippen MR) is 62.3 cm³/mol. The van der Waals surface area contributed by atoms with Crippen LogP contribution in [0, 0.1) is 0 Å². The van der Waals surface area contributed by atoms with Crippen molar-refractivity contribution in [1.29, 1.82) is 0 Å². The molecule has 0 aromatic carbocycles. The zero-order chi connectivity index (χ0) is 12.3. The van der Waals surface area contributed by atoms with E-state index >= 15 is 0 Å². The molecule has 6 nitrogen and oxygen atoms in total. The van der Waals surface area contributed by atoms with Crippen molar-refractivity contribution in [2.75, 3.05) is 26.2 Å². The topological polar surface area (TPSA) is 82.5 Å². The van der Waals surface area contributed by atoms with Crippen LogP contribution in [0.15, 0.2) is 11.6 Å². The average Bonchev–Trinajstić information content (AvgIpc) is 2.82. The lowest BCUT2D eigenvalue weighted by atomic mass is 10.2. The Bertz CT molecular complexity index is 407. The Balaban J connectivity index is 1.91. The molecule has 7 heteroatoms. The van der Waals surface area contributed by atoms with Crippen molar-refractivity contribution in [3.8, 4) is 0 Å². The monoisotopic (exact) mass is 255 g/mol. The number of ketones is 1. The van der Waals surface area contributed by atoms with Gasteiger partial charge in [-0.2, -0.15) is 0 Å². The van der Waals surface area contributed by atoms with Gasteiger partial charge in [-0.05, 0) is 0 Å². The van der Waals surface area contributed by atoms with Crippen LogP contribution in [0.25, 0.3) is 0 Å². The molecule has 1 saturated heterocycles. The Labute approximate surface area is 102 Å². The summed E-state index contributed by atoms with van der Waals surface area (Å²) in [7, 11) is 0. The van der Waals surface area contributed by atoms with Gasteiger partial charge < -0.3 is 10.4 Å². The van der Waals surface area contributed by atoms with E-state index in [0.717, 1.165) is 0 Å². The molecule has 1 aromatic heterocycles. The molecule has 1 atom stereocenters. The largest absolute Gasteiger partial charge is 0.480 e. The number of thiazole rings is 1. The number of nitrogens with one attached hydrogen (secondary N) is 1. The molecule has 0 unspecified atom stereocenters. The zero-order valence-corrected chi connectivity index (χ0v) is 9.94. The summed E-state index contributed by atoms with van der Waals surface area (Å²) in [4.78, 5) is 28.4. The number of aromatic nitrogens is 1. The highest BCUT2D eigenvalue weighted by Gasteiger charge is 2.26. The van der Waals surface area contributed by atoms with Gasteiger partial charge in [-0.3, -0.25) is 14.5 Å². The summed E-state index contributed by atoms with van der Waals surface area (Å²) < 4.78 is 0. The molecule has 1 aromatic rings. The average molecular weight is 255 g/mol. The molecule has 2 heterocycles. The summed E-state index contributed by atoms with van der Waals surface area (Å²) in [6, 6.07) is -0.590. The Hall–Kier alpha value is -1.31. The first-order chi connectivity index (χ1) is 8.16. The minimum atomic E-state index is -0.878. The van der Waals surface area contributed by atoms with Gasteiger partial charge in [0.25, 0.3) is 0 Å². The van der Waals surface area contributed by atoms with Crippen molar-refractivity contribution in [2.45, 2.75) is 6.04 Å². The molecule has 0 aliphatic carbocycles. The van der Waals surface area contributed by atoms with Gasteiger partial charge in [0.05, 0.1) is 6.54 Å². The predicted octanol–water partition coefficient (Wildman–Crippen LogP) is -0.316. The number of nitrogens with zero attached hydrogens (tertiary/aromatic N) is 2. The molecule has 0 amide bonds. The summed E-state index contributed by atoms with van der Waals surface area (Å²) >= 11 is 1.31. The third-order valence-electron chi connectivity index (χ3n) is 2.60. The second kappa shape index (κ2) is 5.35. The van der Waals surface area contributed by atoms with E-state index in [1.165, 1.54) is 11.3 Å². The van der Waals surface area contributed by atoms with Crippen LogP contribution in [0.3, 0.4) is 0 Å². The lowest BCUT2D eigenvalue weighted by molar-refractivity contribution is -0.140. The Kier molecular flexibility index (Phi) is 3.82. The normalized spacial score (nSPS) is 21.3. The summed E-state index contributed by atoms with van der Waals surface area (Å²) in [6.45, 7) is 1.86. The van der Waals surface area contributed by atoms with E-state index in [0.29, 0.717) is 24.6 Å². The second-order valence-corrected chi connectivity index (χ2v) is 4.74. The SMILES string of the molecule is O=C(CN1CCN[C@@H](C(=O)O)C1)c1nccs1. The van der Waals surface area contributed by atoms with Crippen LogP contribution in [0.4, 0.5) is 0 Å². The van der Waals surface area contributed by atoms with Crippen molar-refractivity contribution in [1.82, 2.24) is 15.2 Å². The van der Waals surface area contributed by atoms with Crippen LogP contribution < -0.4 is 5.32 Å². The molecule has 92 valence electrons. The van der Waals surface area contributed by atoms with Gasteiger partial charge in [-0.1, -0.05) is 0 Å². The number of piperazine rings is 1. The van der Waals surface area contributed by atoms with Gasteiger partial charge in [-0.25, -0.2) is 4.98 Å². The maximum absolute atomic E-state index is 11.8. The van der Waals surface area contributed by atoms with E-state index in [1.807, 2.05) is 4.90 Å². The smallest absolute Gasteiger partial charge is 0.322 e. The molecule has 2 rings (SSSR count). The standard InChI is InChI=1S/C10H13N3O3S/c14-8(9-12-2-4-17-9)6-13-3-1-11-7(5-13)10(15)16/h2,4,7,11H,1,3,5-6H2,(H,15,16)/t7-/m1/s1. The number of carbonyl (C=O) groups is 2. The van der Waals surface area contributed by atoms with Crippen LogP contribution in [0.2, 0.25) is 0 Å². The number of carboxylic acids is 1. The minimum absolute atomic E-state index is 0.0500. The van der Waals surface area contributed by atoms with Crippen LogP contribution >= 0.6 is 11.3 Å². The number of hydrogen-bond donors (Lipinski definition) is 2. The van der Waals surface area contributed by atoms with Crippen molar-refractivity contribution < 1.29 is 14.7 Å². The quantitative estimate of drug-likeness (QED) is 0.718. The van der Waals surface area contributed by atoms with Gasteiger partial charge in [0.15, 0.2) is 5.01 Å². The molecular weight excluding hydrogens is 242 g/mol. The van der Waals surface area contributed by atoms with E-state index < -0.39 is 12.0 Å². The van der Waals surface area contributed by atoms with Gasteiger partial charge in [-0.15, -0.1) is 11.3 Å². The number of Topliss-reactive ketones (excluding diaryl/α,β-unsaturated/α-hetero) is 1. The molecule has 0 bridgehead atoms.